The summed E-state index contributed by atoms with van der Waals surface area (Å²) >= 11 is 0. The molecule has 1 saturated heterocycles. The van der Waals surface area contributed by atoms with Gasteiger partial charge >= 0.3 is 0 Å². The first-order valence-electron chi connectivity index (χ1n) is 7.88. The first-order valence-corrected chi connectivity index (χ1v) is 7.88. The third-order valence-corrected chi connectivity index (χ3v) is 4.22. The molecule has 4 nitrogen and oxygen atoms in total. The van der Waals surface area contributed by atoms with Gasteiger partial charge in [-0.3, -0.25) is 4.79 Å². The third-order valence-electron chi connectivity index (χ3n) is 4.22. The molecule has 1 aromatic rings. The van der Waals surface area contributed by atoms with Crippen molar-refractivity contribution in [2.24, 2.45) is 11.7 Å². The van der Waals surface area contributed by atoms with Crippen molar-refractivity contribution in [2.75, 3.05) is 19.6 Å². The van der Waals surface area contributed by atoms with Crippen molar-refractivity contribution >= 4 is 5.91 Å². The maximum Gasteiger partial charge on any atom is 0.234 e. The Morgan fingerprint density at radius 2 is 2.10 bits per heavy atom. The Morgan fingerprint density at radius 1 is 1.38 bits per heavy atom. The molecule has 0 bridgehead atoms. The average Bonchev–Trinajstić information content (AvgIpc) is 2.91. The van der Waals surface area contributed by atoms with Gasteiger partial charge in [0, 0.05) is 19.1 Å². The summed E-state index contributed by atoms with van der Waals surface area (Å²) < 4.78 is 0. The van der Waals surface area contributed by atoms with Gasteiger partial charge in [0.05, 0.1) is 6.04 Å². The van der Waals surface area contributed by atoms with E-state index in [0.717, 1.165) is 32.5 Å². The topological polar surface area (TPSA) is 58.4 Å². The molecule has 0 spiro atoms. The van der Waals surface area contributed by atoms with Gasteiger partial charge in [0.25, 0.3) is 0 Å². The van der Waals surface area contributed by atoms with Crippen molar-refractivity contribution in [1.29, 1.82) is 0 Å². The van der Waals surface area contributed by atoms with Gasteiger partial charge in [-0.15, -0.1) is 0 Å². The minimum atomic E-state index is -0.243. The highest BCUT2D eigenvalue weighted by molar-refractivity contribution is 5.80. The predicted octanol–water partition coefficient (Wildman–Crippen LogP) is 1.40. The van der Waals surface area contributed by atoms with Crippen LogP contribution in [-0.2, 0) is 11.2 Å². The molecule has 1 aliphatic rings. The van der Waals surface area contributed by atoms with Gasteiger partial charge in [-0.2, -0.15) is 0 Å². The highest BCUT2D eigenvalue weighted by Gasteiger charge is 2.27. The Morgan fingerprint density at radius 3 is 2.71 bits per heavy atom. The molecule has 3 N–H and O–H groups in total. The summed E-state index contributed by atoms with van der Waals surface area (Å²) in [6.45, 7) is 7.23. The number of hydrogen-bond acceptors (Lipinski definition) is 3. The fraction of sp³-hybridized carbons (Fsp3) is 0.588. The zero-order valence-electron chi connectivity index (χ0n) is 13.1. The summed E-state index contributed by atoms with van der Waals surface area (Å²) in [5.41, 5.74) is 6.85. The number of likely N-dealkylation sites (tertiary alicyclic amines) is 1. The van der Waals surface area contributed by atoms with Crippen LogP contribution in [-0.4, -0.2) is 42.5 Å². The summed E-state index contributed by atoms with van der Waals surface area (Å²) in [7, 11) is 0. The van der Waals surface area contributed by atoms with Crippen LogP contribution in [0.4, 0.5) is 0 Å². The van der Waals surface area contributed by atoms with Crippen molar-refractivity contribution in [3.63, 3.8) is 0 Å². The second-order valence-electron chi connectivity index (χ2n) is 6.31. The molecule has 1 heterocycles. The van der Waals surface area contributed by atoms with Crippen LogP contribution in [0.25, 0.3) is 0 Å². The van der Waals surface area contributed by atoms with Gasteiger partial charge in [0.1, 0.15) is 0 Å². The first-order chi connectivity index (χ1) is 10.1. The van der Waals surface area contributed by atoms with E-state index < -0.39 is 0 Å². The fourth-order valence-corrected chi connectivity index (χ4v) is 2.96. The van der Waals surface area contributed by atoms with Gasteiger partial charge < -0.3 is 16.0 Å². The van der Waals surface area contributed by atoms with E-state index in [-0.39, 0.29) is 17.9 Å². The molecule has 116 valence electrons. The van der Waals surface area contributed by atoms with Crippen LogP contribution in [0.15, 0.2) is 30.3 Å². The Hall–Kier alpha value is -1.39. The third kappa shape index (κ3) is 4.83. The van der Waals surface area contributed by atoms with E-state index in [4.69, 9.17) is 5.73 Å². The lowest BCUT2D eigenvalue weighted by atomic mass is 10.0. The number of nitrogens with zero attached hydrogens (tertiary/aromatic N) is 1. The Balaban J connectivity index is 1.77. The molecular formula is C17H27N3O. The molecule has 1 amide bonds. The van der Waals surface area contributed by atoms with E-state index >= 15 is 0 Å². The van der Waals surface area contributed by atoms with Crippen LogP contribution in [0.2, 0.25) is 0 Å². The van der Waals surface area contributed by atoms with Crippen LogP contribution < -0.4 is 11.1 Å². The number of carbonyl (C=O) groups is 1. The summed E-state index contributed by atoms with van der Waals surface area (Å²) in [5, 5.41) is 3.43. The van der Waals surface area contributed by atoms with Gasteiger partial charge in [0.15, 0.2) is 0 Å². The molecular weight excluding hydrogens is 262 g/mol. The summed E-state index contributed by atoms with van der Waals surface area (Å²) in [4.78, 5) is 13.9. The monoisotopic (exact) mass is 289 g/mol. The van der Waals surface area contributed by atoms with Crippen molar-refractivity contribution in [1.82, 2.24) is 10.2 Å². The van der Waals surface area contributed by atoms with Crippen LogP contribution in [0.1, 0.15) is 25.8 Å². The maximum atomic E-state index is 11.5. The van der Waals surface area contributed by atoms with Gasteiger partial charge in [-0.05, 0) is 30.9 Å². The molecule has 0 aromatic heterocycles. The zero-order valence-corrected chi connectivity index (χ0v) is 13.1. The van der Waals surface area contributed by atoms with E-state index in [1.807, 2.05) is 13.8 Å². The van der Waals surface area contributed by atoms with Crippen molar-refractivity contribution in [3.05, 3.63) is 35.9 Å². The van der Waals surface area contributed by atoms with E-state index in [0.29, 0.717) is 6.04 Å². The van der Waals surface area contributed by atoms with Crippen LogP contribution in [0.3, 0.4) is 0 Å². The maximum absolute atomic E-state index is 11.5. The molecule has 4 heteroatoms. The summed E-state index contributed by atoms with van der Waals surface area (Å²) in [6.07, 6.45) is 2.17. The Bertz CT molecular complexity index is 447. The lowest BCUT2D eigenvalue weighted by molar-refractivity contribution is -0.121. The molecule has 1 aromatic carbocycles. The van der Waals surface area contributed by atoms with Gasteiger partial charge in [-0.1, -0.05) is 44.2 Å². The predicted molar refractivity (Wildman–Crippen MR) is 85.9 cm³/mol. The molecule has 2 rings (SSSR count). The summed E-state index contributed by atoms with van der Waals surface area (Å²) in [5.74, 6) is -0.00592. The number of hydrogen-bond donors (Lipinski definition) is 2. The quantitative estimate of drug-likeness (QED) is 0.798. The minimum absolute atomic E-state index is 0.218. The SMILES string of the molecule is CC(C)C(NC1CCN(CCc2ccccc2)C1)C(N)=O. The summed E-state index contributed by atoms with van der Waals surface area (Å²) in [6, 6.07) is 10.7. The number of primary amides is 1. The lowest BCUT2D eigenvalue weighted by Gasteiger charge is -2.23. The standard InChI is InChI=1S/C17H27N3O/c1-13(2)16(17(18)21)19-15-9-11-20(12-15)10-8-14-6-4-3-5-7-14/h3-7,13,15-16,19H,8-12H2,1-2H3,(H2,18,21). The van der Waals surface area contributed by atoms with Gasteiger partial charge in [0.2, 0.25) is 5.91 Å². The second kappa shape index (κ2) is 7.57. The van der Waals surface area contributed by atoms with Crippen LogP contribution in [0, 0.1) is 5.92 Å². The van der Waals surface area contributed by atoms with E-state index in [1.165, 1.54) is 5.56 Å². The smallest absolute Gasteiger partial charge is 0.234 e. The molecule has 2 atom stereocenters. The molecule has 1 aliphatic heterocycles. The highest BCUT2D eigenvalue weighted by atomic mass is 16.1. The average molecular weight is 289 g/mol. The fourth-order valence-electron chi connectivity index (χ4n) is 2.96. The Labute approximate surface area is 127 Å². The van der Waals surface area contributed by atoms with Gasteiger partial charge in [-0.25, -0.2) is 0 Å². The number of rotatable bonds is 7. The van der Waals surface area contributed by atoms with Crippen molar-refractivity contribution in [3.8, 4) is 0 Å². The largest absolute Gasteiger partial charge is 0.368 e. The molecule has 0 radical (unpaired) electrons. The van der Waals surface area contributed by atoms with Crippen molar-refractivity contribution < 1.29 is 4.79 Å². The Kier molecular flexibility index (Phi) is 5.76. The number of amides is 1. The second-order valence-corrected chi connectivity index (χ2v) is 6.31. The number of nitrogens with two attached hydrogens (primary N) is 1. The zero-order chi connectivity index (χ0) is 15.2. The van der Waals surface area contributed by atoms with E-state index in [2.05, 4.69) is 40.5 Å². The minimum Gasteiger partial charge on any atom is -0.368 e. The number of benzene rings is 1. The molecule has 2 unspecified atom stereocenters. The van der Waals surface area contributed by atoms with Crippen molar-refractivity contribution in [2.45, 2.75) is 38.8 Å². The van der Waals surface area contributed by atoms with Crippen LogP contribution >= 0.6 is 0 Å². The normalized spacial score (nSPS) is 20.8. The molecule has 21 heavy (non-hydrogen) atoms. The number of nitrogens with one attached hydrogen (secondary N) is 1. The molecule has 1 fully saturated rings. The number of carbonyl (C=O) groups excluding carboxylic acids is 1. The lowest BCUT2D eigenvalue weighted by Crippen LogP contribution is -2.50. The highest BCUT2D eigenvalue weighted by Crippen LogP contribution is 2.13. The van der Waals surface area contributed by atoms with E-state index in [1.54, 1.807) is 0 Å². The van der Waals surface area contributed by atoms with Crippen LogP contribution in [0.5, 0.6) is 0 Å². The first kappa shape index (κ1) is 16.0. The van der Waals surface area contributed by atoms with E-state index in [9.17, 15) is 4.79 Å². The molecule has 0 saturated carbocycles. The molecule has 0 aliphatic carbocycles.